The molecule has 0 radical (unpaired) electrons. The molecule has 286 valence electrons. The third-order valence-electron chi connectivity index (χ3n) is 12.1. The molecule has 0 spiro atoms. The average molecular weight is 796 g/mol. The van der Waals surface area contributed by atoms with Crippen LogP contribution in [0.5, 0.6) is 0 Å². The van der Waals surface area contributed by atoms with E-state index in [0.29, 0.717) is 0 Å². The van der Waals surface area contributed by atoms with Gasteiger partial charge in [-0.2, -0.15) is 0 Å². The Kier molecular flexibility index (Phi) is 8.39. The number of fused-ring (bicyclic) bond motifs is 7. The van der Waals surface area contributed by atoms with Crippen molar-refractivity contribution in [2.24, 2.45) is 0 Å². The third-order valence-corrected chi connectivity index (χ3v) is 13.2. The van der Waals surface area contributed by atoms with Crippen molar-refractivity contribution in [2.45, 2.75) is 0 Å². The van der Waals surface area contributed by atoms with Crippen LogP contribution in [0, 0.1) is 0 Å². The van der Waals surface area contributed by atoms with Gasteiger partial charge in [-0.1, -0.05) is 146 Å². The molecule has 0 N–H and O–H groups in total. The molecule has 0 saturated heterocycles. The molecule has 0 atom stereocenters. The Hall–Kier alpha value is -7.72. The maximum atomic E-state index is 6.26. The molecule has 2 nitrogen and oxygen atoms in total. The van der Waals surface area contributed by atoms with Gasteiger partial charge < -0.3 is 9.32 Å². The van der Waals surface area contributed by atoms with Crippen molar-refractivity contribution in [3.63, 3.8) is 0 Å². The van der Waals surface area contributed by atoms with E-state index < -0.39 is 0 Å². The molecule has 0 aliphatic rings. The van der Waals surface area contributed by atoms with Crippen molar-refractivity contribution in [2.75, 3.05) is 4.90 Å². The van der Waals surface area contributed by atoms with Gasteiger partial charge in [0.1, 0.15) is 11.2 Å². The number of anilines is 3. The summed E-state index contributed by atoms with van der Waals surface area (Å²) < 4.78 is 8.90. The Morgan fingerprint density at radius 2 is 0.852 bits per heavy atom. The summed E-state index contributed by atoms with van der Waals surface area (Å²) in [4.78, 5) is 2.36. The van der Waals surface area contributed by atoms with Crippen LogP contribution in [0.15, 0.2) is 229 Å². The Labute approximate surface area is 357 Å². The lowest BCUT2D eigenvalue weighted by atomic mass is 9.95. The molecule has 0 aliphatic carbocycles. The van der Waals surface area contributed by atoms with E-state index in [1.54, 1.807) is 0 Å². The van der Waals surface area contributed by atoms with Crippen molar-refractivity contribution >= 4 is 81.3 Å². The zero-order valence-electron chi connectivity index (χ0n) is 33.1. The van der Waals surface area contributed by atoms with E-state index >= 15 is 0 Å². The summed E-state index contributed by atoms with van der Waals surface area (Å²) in [6.07, 6.45) is 0. The molecule has 0 bridgehead atoms. The maximum absolute atomic E-state index is 6.26. The summed E-state index contributed by atoms with van der Waals surface area (Å²) in [7, 11) is 0. The number of hydrogen-bond donors (Lipinski definition) is 0. The largest absolute Gasteiger partial charge is 0.456 e. The van der Waals surface area contributed by atoms with Crippen LogP contribution in [-0.4, -0.2) is 0 Å². The molecule has 0 fully saturated rings. The van der Waals surface area contributed by atoms with Gasteiger partial charge >= 0.3 is 0 Å². The first-order valence-electron chi connectivity index (χ1n) is 20.7. The van der Waals surface area contributed by atoms with Gasteiger partial charge in [0.25, 0.3) is 0 Å². The average Bonchev–Trinajstić information content (AvgIpc) is 3.90. The number of furan rings is 1. The first kappa shape index (κ1) is 35.2. The fraction of sp³-hybridized carbons (Fsp3) is 0. The first-order valence-corrected chi connectivity index (χ1v) is 21.5. The van der Waals surface area contributed by atoms with Gasteiger partial charge in [-0.15, -0.1) is 11.3 Å². The number of nitrogens with zero attached hydrogens (tertiary/aromatic N) is 1. The molecule has 3 heteroatoms. The first-order chi connectivity index (χ1) is 30.2. The summed E-state index contributed by atoms with van der Waals surface area (Å²) in [5.41, 5.74) is 14.5. The molecule has 2 aromatic heterocycles. The Morgan fingerprint density at radius 3 is 1.67 bits per heavy atom. The Bertz CT molecular complexity index is 3590. The Balaban J connectivity index is 0.936. The predicted octanol–water partition coefficient (Wildman–Crippen LogP) is 17.2. The van der Waals surface area contributed by atoms with E-state index in [1.807, 2.05) is 23.5 Å². The molecule has 0 unspecified atom stereocenters. The molecule has 61 heavy (non-hydrogen) atoms. The standard InChI is InChI=1S/C58H37NOS/c1-2-16-49-40(10-1)11-9-19-50(49)45-14-7-12-41(34-45)42-13-8-15-48(35-42)59(46-28-22-38(23-29-46)43-27-33-58-54(36-43)53-18-4-6-21-57(53)61-58)47-30-24-39(25-31-47)44-26-32-52-51-17-3-5-20-55(51)60-56(52)37-44/h1-37H. The van der Waals surface area contributed by atoms with Crippen molar-refractivity contribution in [3.8, 4) is 44.5 Å². The van der Waals surface area contributed by atoms with Crippen molar-refractivity contribution < 1.29 is 4.42 Å². The number of hydrogen-bond acceptors (Lipinski definition) is 3. The highest BCUT2D eigenvalue weighted by atomic mass is 32.1. The van der Waals surface area contributed by atoms with E-state index in [9.17, 15) is 0 Å². The van der Waals surface area contributed by atoms with Crippen LogP contribution in [0.25, 0.3) is 97.4 Å². The molecule has 10 aromatic carbocycles. The second-order valence-electron chi connectivity index (χ2n) is 15.7. The van der Waals surface area contributed by atoms with Gasteiger partial charge in [-0.25, -0.2) is 0 Å². The summed E-state index contributed by atoms with van der Waals surface area (Å²) in [5, 5.41) is 7.41. The van der Waals surface area contributed by atoms with Crippen LogP contribution >= 0.6 is 11.3 Å². The molecule has 0 saturated carbocycles. The molecule has 12 rings (SSSR count). The highest BCUT2D eigenvalue weighted by molar-refractivity contribution is 7.25. The molecular weight excluding hydrogens is 759 g/mol. The summed E-state index contributed by atoms with van der Waals surface area (Å²) >= 11 is 1.86. The summed E-state index contributed by atoms with van der Waals surface area (Å²) in [6.45, 7) is 0. The molecular formula is C58H37NOS. The number of para-hydroxylation sites is 1. The number of thiophene rings is 1. The summed E-state index contributed by atoms with van der Waals surface area (Å²) in [6, 6.07) is 81.3. The Morgan fingerprint density at radius 1 is 0.295 bits per heavy atom. The van der Waals surface area contributed by atoms with Crippen LogP contribution < -0.4 is 4.90 Å². The monoisotopic (exact) mass is 795 g/mol. The van der Waals surface area contributed by atoms with Crippen LogP contribution in [-0.2, 0) is 0 Å². The number of benzene rings is 10. The SMILES string of the molecule is c1cc(-c2cccc(N(c3ccc(-c4ccc5c(c4)oc4ccccc45)cc3)c3ccc(-c4ccc5sc6ccccc6c5c4)cc3)c2)cc(-c2cccc3ccccc23)c1. The second kappa shape index (κ2) is 14.5. The van der Waals surface area contributed by atoms with Crippen LogP contribution in [0.2, 0.25) is 0 Å². The highest BCUT2D eigenvalue weighted by Crippen LogP contribution is 2.41. The van der Waals surface area contributed by atoms with E-state index in [-0.39, 0.29) is 0 Å². The van der Waals surface area contributed by atoms with Crippen LogP contribution in [0.4, 0.5) is 17.1 Å². The lowest BCUT2D eigenvalue weighted by Crippen LogP contribution is -2.10. The van der Waals surface area contributed by atoms with Crippen LogP contribution in [0.3, 0.4) is 0 Å². The van der Waals surface area contributed by atoms with Crippen molar-refractivity contribution in [1.82, 2.24) is 0 Å². The van der Waals surface area contributed by atoms with Gasteiger partial charge in [-0.3, -0.25) is 0 Å². The fourth-order valence-electron chi connectivity index (χ4n) is 9.03. The highest BCUT2D eigenvalue weighted by Gasteiger charge is 2.16. The zero-order valence-corrected chi connectivity index (χ0v) is 33.9. The summed E-state index contributed by atoms with van der Waals surface area (Å²) in [5.74, 6) is 0. The molecule has 0 amide bonds. The second-order valence-corrected chi connectivity index (χ2v) is 16.8. The maximum Gasteiger partial charge on any atom is 0.136 e. The normalized spacial score (nSPS) is 11.6. The van der Waals surface area contributed by atoms with Gasteiger partial charge in [0.15, 0.2) is 0 Å². The van der Waals surface area contributed by atoms with Gasteiger partial charge in [0, 0.05) is 48.0 Å². The van der Waals surface area contributed by atoms with E-state index in [0.717, 1.165) is 55.7 Å². The van der Waals surface area contributed by atoms with E-state index in [4.69, 9.17) is 4.42 Å². The van der Waals surface area contributed by atoms with Crippen molar-refractivity contribution in [1.29, 1.82) is 0 Å². The van der Waals surface area contributed by atoms with Gasteiger partial charge in [0.2, 0.25) is 0 Å². The van der Waals surface area contributed by atoms with E-state index in [1.165, 1.54) is 58.8 Å². The van der Waals surface area contributed by atoms with Gasteiger partial charge in [0.05, 0.1) is 0 Å². The minimum absolute atomic E-state index is 0.900. The fourth-order valence-corrected chi connectivity index (χ4v) is 10.1. The smallest absolute Gasteiger partial charge is 0.136 e. The van der Waals surface area contributed by atoms with Crippen molar-refractivity contribution in [3.05, 3.63) is 224 Å². The molecule has 12 aromatic rings. The lowest BCUT2D eigenvalue weighted by Gasteiger charge is -2.26. The zero-order chi connectivity index (χ0) is 40.3. The number of rotatable bonds is 7. The molecule has 2 heterocycles. The quantitative estimate of drug-likeness (QED) is 0.160. The molecule has 0 aliphatic heterocycles. The topological polar surface area (TPSA) is 16.4 Å². The van der Waals surface area contributed by atoms with E-state index in [2.05, 4.69) is 217 Å². The minimum Gasteiger partial charge on any atom is -0.456 e. The lowest BCUT2D eigenvalue weighted by molar-refractivity contribution is 0.669. The van der Waals surface area contributed by atoms with Crippen LogP contribution in [0.1, 0.15) is 0 Å². The third kappa shape index (κ3) is 6.26. The predicted molar refractivity (Wildman–Crippen MR) is 261 cm³/mol. The van der Waals surface area contributed by atoms with Gasteiger partial charge in [-0.05, 0) is 134 Å². The minimum atomic E-state index is 0.900.